The number of nitrogens with zero attached hydrogens (tertiary/aromatic N) is 4. The number of aryl methyl sites for hydroxylation is 2. The van der Waals surface area contributed by atoms with Gasteiger partial charge in [0.1, 0.15) is 22.4 Å². The van der Waals surface area contributed by atoms with Crippen LogP contribution in [-0.4, -0.2) is 68.7 Å². The number of nitrogens with one attached hydrogen (secondary N) is 2. The highest BCUT2D eigenvalue weighted by atomic mass is 35.5. The molecule has 2 saturated carbocycles. The monoisotopic (exact) mass is 506 g/mol. The first-order valence-electron chi connectivity index (χ1n) is 11.4. The third-order valence-electron chi connectivity index (χ3n) is 6.64. The predicted molar refractivity (Wildman–Crippen MR) is 136 cm³/mol. The summed E-state index contributed by atoms with van der Waals surface area (Å²) in [5.74, 6) is 1.74. The number of aliphatic hydroxyl groups is 2. The van der Waals surface area contributed by atoms with E-state index in [1.165, 1.54) is 12.8 Å². The van der Waals surface area contributed by atoms with Crippen LogP contribution < -0.4 is 10.6 Å². The van der Waals surface area contributed by atoms with E-state index in [9.17, 15) is 10.2 Å². The molecule has 3 aromatic rings. The molecule has 0 spiro atoms. The highest BCUT2D eigenvalue weighted by Crippen LogP contribution is 2.39. The molecule has 184 valence electrons. The van der Waals surface area contributed by atoms with E-state index in [2.05, 4.69) is 15.6 Å². The van der Waals surface area contributed by atoms with Gasteiger partial charge in [-0.1, -0.05) is 0 Å². The highest BCUT2D eigenvalue weighted by Gasteiger charge is 2.43. The number of rotatable bonds is 8. The Kier molecular flexibility index (Phi) is 7.54. The summed E-state index contributed by atoms with van der Waals surface area (Å²) in [5.41, 5.74) is 3.39. The number of methoxy groups -OCH3 is 1. The van der Waals surface area contributed by atoms with Crippen LogP contribution >= 0.6 is 23.7 Å². The maximum absolute atomic E-state index is 10.9. The molecule has 2 fully saturated rings. The zero-order chi connectivity index (χ0) is 23.1. The summed E-state index contributed by atoms with van der Waals surface area (Å²) in [4.78, 5) is 18.8. The van der Waals surface area contributed by atoms with Crippen molar-refractivity contribution in [2.45, 2.75) is 51.4 Å². The molecule has 0 radical (unpaired) electrons. The van der Waals surface area contributed by atoms with Gasteiger partial charge in [-0.05, 0) is 45.1 Å². The Bertz CT molecular complexity index is 1160. The lowest BCUT2D eigenvalue weighted by molar-refractivity contribution is -0.0259. The number of aliphatic hydroxyl groups excluding tert-OH is 2. The van der Waals surface area contributed by atoms with Crippen molar-refractivity contribution in [1.29, 1.82) is 0 Å². The van der Waals surface area contributed by atoms with E-state index >= 15 is 0 Å². The van der Waals surface area contributed by atoms with Gasteiger partial charge in [-0.15, -0.1) is 23.7 Å². The van der Waals surface area contributed by atoms with Crippen molar-refractivity contribution in [2.75, 3.05) is 30.9 Å². The largest absolute Gasteiger partial charge is 0.396 e. The molecule has 0 bridgehead atoms. The second kappa shape index (κ2) is 10.2. The number of aromatic nitrogens is 4. The Morgan fingerprint density at radius 1 is 1.18 bits per heavy atom. The summed E-state index contributed by atoms with van der Waals surface area (Å²) in [7, 11) is 1.57. The highest BCUT2D eigenvalue weighted by molar-refractivity contribution is 7.21. The topological polar surface area (TPSA) is 125 Å². The Labute approximate surface area is 208 Å². The minimum atomic E-state index is -0.764. The molecule has 34 heavy (non-hydrogen) atoms. The van der Waals surface area contributed by atoms with Crippen LogP contribution in [0.2, 0.25) is 0 Å². The lowest BCUT2D eigenvalue weighted by atomic mass is 10.1. The normalized spacial score (nSPS) is 24.3. The number of thiazole rings is 1. The molecule has 0 aliphatic heterocycles. The quantitative estimate of drug-likeness (QED) is 0.364. The van der Waals surface area contributed by atoms with Crippen molar-refractivity contribution in [2.24, 2.45) is 11.8 Å². The van der Waals surface area contributed by atoms with E-state index < -0.39 is 12.2 Å². The van der Waals surface area contributed by atoms with Gasteiger partial charge in [-0.3, -0.25) is 4.98 Å². The maximum Gasteiger partial charge on any atom is 0.224 e. The van der Waals surface area contributed by atoms with Gasteiger partial charge in [-0.25, -0.2) is 9.97 Å². The van der Waals surface area contributed by atoms with Gasteiger partial charge in [0.25, 0.3) is 0 Å². The first-order valence-corrected chi connectivity index (χ1v) is 12.2. The van der Waals surface area contributed by atoms with E-state index in [0.717, 1.165) is 38.7 Å². The molecule has 3 heterocycles. The molecule has 11 heteroatoms. The van der Waals surface area contributed by atoms with Crippen LogP contribution in [0.25, 0.3) is 20.8 Å². The van der Waals surface area contributed by atoms with E-state index in [1.54, 1.807) is 24.6 Å². The van der Waals surface area contributed by atoms with Crippen LogP contribution in [0.3, 0.4) is 0 Å². The summed E-state index contributed by atoms with van der Waals surface area (Å²) in [5, 5.41) is 28.2. The summed E-state index contributed by atoms with van der Waals surface area (Å²) in [6, 6.07) is 1.66. The molecule has 5 rings (SSSR count). The van der Waals surface area contributed by atoms with Crippen LogP contribution in [0.5, 0.6) is 0 Å². The summed E-state index contributed by atoms with van der Waals surface area (Å²) < 4.78 is 6.52. The van der Waals surface area contributed by atoms with Gasteiger partial charge in [0.15, 0.2) is 0 Å². The van der Waals surface area contributed by atoms with Crippen molar-refractivity contribution in [3.8, 4) is 10.6 Å². The third-order valence-corrected chi connectivity index (χ3v) is 7.68. The second-order valence-corrected chi connectivity index (χ2v) is 10.1. The zero-order valence-electron chi connectivity index (χ0n) is 19.5. The van der Waals surface area contributed by atoms with Crippen LogP contribution in [0.1, 0.15) is 30.7 Å². The van der Waals surface area contributed by atoms with Crippen LogP contribution in [-0.2, 0) is 4.74 Å². The number of pyridine rings is 1. The number of fused-ring (bicyclic) bond motifs is 1. The fourth-order valence-corrected chi connectivity index (χ4v) is 5.71. The minimum Gasteiger partial charge on any atom is -0.396 e. The lowest BCUT2D eigenvalue weighted by Crippen LogP contribution is -2.37. The fraction of sp³-hybridized carbons (Fsp3) is 0.565. The lowest BCUT2D eigenvalue weighted by Gasteiger charge is -2.22. The first kappa shape index (κ1) is 25.0. The molecule has 0 amide bonds. The Morgan fingerprint density at radius 3 is 2.62 bits per heavy atom. The number of hydrogen-bond donors (Lipinski definition) is 4. The SMILES string of the molecule is CO[C@@H]1[C@@H](CO)C[C@@H](Nc2nc(NCC3CC3)nc(C)c2-c2nc3c(C)nccc3s2)[C@@H]1O.Cl. The number of halogens is 1. The third kappa shape index (κ3) is 4.83. The predicted octanol–water partition coefficient (Wildman–Crippen LogP) is 3.18. The van der Waals surface area contributed by atoms with Gasteiger partial charge < -0.3 is 25.6 Å². The van der Waals surface area contributed by atoms with E-state index in [0.29, 0.717) is 24.1 Å². The smallest absolute Gasteiger partial charge is 0.224 e. The van der Waals surface area contributed by atoms with Crippen molar-refractivity contribution < 1.29 is 14.9 Å². The number of hydrogen-bond acceptors (Lipinski definition) is 10. The molecule has 0 saturated heterocycles. The summed E-state index contributed by atoms with van der Waals surface area (Å²) >= 11 is 1.58. The second-order valence-electron chi connectivity index (χ2n) is 9.06. The van der Waals surface area contributed by atoms with Gasteiger partial charge in [0, 0.05) is 32.4 Å². The van der Waals surface area contributed by atoms with Crippen LogP contribution in [0.4, 0.5) is 11.8 Å². The van der Waals surface area contributed by atoms with Crippen molar-refractivity contribution in [1.82, 2.24) is 19.9 Å². The Morgan fingerprint density at radius 2 is 1.97 bits per heavy atom. The molecule has 2 aliphatic rings. The van der Waals surface area contributed by atoms with Gasteiger partial charge in [0.2, 0.25) is 5.95 Å². The Hall–Kier alpha value is -2.11. The van der Waals surface area contributed by atoms with E-state index in [4.69, 9.17) is 19.7 Å². The molecule has 4 N–H and O–H groups in total. The molecule has 3 aromatic heterocycles. The minimum absolute atomic E-state index is 0. The zero-order valence-corrected chi connectivity index (χ0v) is 21.1. The maximum atomic E-state index is 10.9. The average molecular weight is 507 g/mol. The van der Waals surface area contributed by atoms with Crippen molar-refractivity contribution >= 4 is 45.7 Å². The molecular weight excluding hydrogens is 476 g/mol. The van der Waals surface area contributed by atoms with Crippen LogP contribution in [0, 0.1) is 25.7 Å². The van der Waals surface area contributed by atoms with Gasteiger partial charge >= 0.3 is 0 Å². The molecule has 0 aromatic carbocycles. The summed E-state index contributed by atoms with van der Waals surface area (Å²) in [6.45, 7) is 4.73. The summed E-state index contributed by atoms with van der Waals surface area (Å²) in [6.07, 6.45) is 3.66. The fourth-order valence-electron chi connectivity index (χ4n) is 4.60. The number of anilines is 2. The van der Waals surface area contributed by atoms with Crippen LogP contribution in [0.15, 0.2) is 12.3 Å². The Balaban J connectivity index is 0.00000274. The molecule has 0 unspecified atom stereocenters. The molecule has 2 aliphatic carbocycles. The van der Waals surface area contributed by atoms with Crippen molar-refractivity contribution in [3.05, 3.63) is 23.7 Å². The molecule has 9 nitrogen and oxygen atoms in total. The van der Waals surface area contributed by atoms with Gasteiger partial charge in [0.05, 0.1) is 33.8 Å². The van der Waals surface area contributed by atoms with Crippen molar-refractivity contribution in [3.63, 3.8) is 0 Å². The van der Waals surface area contributed by atoms with E-state index in [1.807, 2.05) is 19.9 Å². The number of ether oxygens (including phenoxy) is 1. The van der Waals surface area contributed by atoms with Gasteiger partial charge in [-0.2, -0.15) is 4.98 Å². The van der Waals surface area contributed by atoms with E-state index in [-0.39, 0.29) is 31.0 Å². The average Bonchev–Trinajstić information content (AvgIpc) is 3.45. The first-order chi connectivity index (χ1) is 16.0. The standard InChI is InChI=1S/C23H30N6O3S.ClH/c1-11-17(22-28-18-12(2)24-7-6-16(18)33-22)21(29-23(26-11)25-9-13-4-5-13)27-15-8-14(10-30)20(32-3)19(15)31;/h6-7,13-15,19-20,30-31H,4-5,8-10H2,1-3H3,(H2,25,26,27,29);1H/t14-,15-,19+,20-;/m1./s1. The molecule has 4 atom stereocenters. The molecular formula is C23H31ClN6O3S.